The van der Waals surface area contributed by atoms with Crippen LogP contribution < -0.4 is 5.32 Å². The van der Waals surface area contributed by atoms with Gasteiger partial charge in [0.25, 0.3) is 12.3 Å². The van der Waals surface area contributed by atoms with Gasteiger partial charge in [0, 0.05) is 24.7 Å². The molecule has 0 radical (unpaired) electrons. The van der Waals surface area contributed by atoms with E-state index < -0.39 is 12.3 Å². The first-order valence-corrected chi connectivity index (χ1v) is 5.99. The number of hydrogen-bond acceptors (Lipinski definition) is 4. The van der Waals surface area contributed by atoms with Gasteiger partial charge in [-0.15, -0.1) is 0 Å². The molecule has 0 bridgehead atoms. The van der Waals surface area contributed by atoms with Crippen molar-refractivity contribution in [2.75, 3.05) is 5.32 Å². The summed E-state index contributed by atoms with van der Waals surface area (Å²) in [5.74, 6) is -0.751. The molecule has 3 rings (SSSR count). The van der Waals surface area contributed by atoms with Gasteiger partial charge in [-0.3, -0.25) is 4.79 Å². The van der Waals surface area contributed by atoms with Crippen LogP contribution in [0.15, 0.2) is 43.0 Å². The minimum atomic E-state index is -2.72. The molecular formula is C13H9F2N5O. The van der Waals surface area contributed by atoms with Crippen molar-refractivity contribution in [2.24, 2.45) is 0 Å². The average molecular weight is 289 g/mol. The van der Waals surface area contributed by atoms with Crippen molar-refractivity contribution in [3.8, 4) is 0 Å². The van der Waals surface area contributed by atoms with Gasteiger partial charge in [0.1, 0.15) is 5.82 Å². The van der Waals surface area contributed by atoms with Gasteiger partial charge < -0.3 is 5.32 Å². The molecule has 3 aromatic heterocycles. The Kier molecular flexibility index (Phi) is 3.27. The zero-order chi connectivity index (χ0) is 14.8. The Morgan fingerprint density at radius 2 is 2.10 bits per heavy atom. The van der Waals surface area contributed by atoms with E-state index in [0.29, 0.717) is 5.65 Å². The van der Waals surface area contributed by atoms with E-state index in [2.05, 4.69) is 20.4 Å². The molecule has 0 spiro atoms. The van der Waals surface area contributed by atoms with Crippen LogP contribution in [-0.2, 0) is 0 Å². The largest absolute Gasteiger partial charge is 0.306 e. The Balaban J connectivity index is 1.89. The standard InChI is InChI=1S/C13H9F2N5O/c14-11(15)9-2-1-4-16-12(9)19-13(21)8-6-17-10-3-5-18-20(10)7-8/h1-7,11H,(H,16,19,21). The summed E-state index contributed by atoms with van der Waals surface area (Å²) in [5.41, 5.74) is 0.439. The molecule has 0 aliphatic heterocycles. The van der Waals surface area contributed by atoms with Crippen LogP contribution in [0.5, 0.6) is 0 Å². The lowest BCUT2D eigenvalue weighted by atomic mass is 10.2. The molecule has 3 heterocycles. The Hall–Kier alpha value is -2.90. The Labute approximate surface area is 117 Å². The number of alkyl halides is 2. The van der Waals surface area contributed by atoms with Crippen molar-refractivity contribution < 1.29 is 13.6 Å². The van der Waals surface area contributed by atoms with E-state index in [1.807, 2.05) is 0 Å². The molecule has 0 saturated heterocycles. The molecule has 0 fully saturated rings. The molecule has 1 amide bonds. The summed E-state index contributed by atoms with van der Waals surface area (Å²) in [6.07, 6.45) is 2.95. The summed E-state index contributed by atoms with van der Waals surface area (Å²) in [6.45, 7) is 0. The molecule has 0 unspecified atom stereocenters. The van der Waals surface area contributed by atoms with Crippen molar-refractivity contribution in [2.45, 2.75) is 6.43 Å². The van der Waals surface area contributed by atoms with Crippen LogP contribution in [-0.4, -0.2) is 25.5 Å². The predicted octanol–water partition coefficient (Wildman–Crippen LogP) is 2.31. The van der Waals surface area contributed by atoms with E-state index >= 15 is 0 Å². The van der Waals surface area contributed by atoms with Crippen LogP contribution in [0.2, 0.25) is 0 Å². The number of pyridine rings is 1. The van der Waals surface area contributed by atoms with Crippen LogP contribution in [0.1, 0.15) is 22.3 Å². The molecule has 106 valence electrons. The van der Waals surface area contributed by atoms with Gasteiger partial charge in [0.05, 0.1) is 17.3 Å². The van der Waals surface area contributed by atoms with E-state index in [9.17, 15) is 13.6 Å². The molecule has 0 atom stereocenters. The average Bonchev–Trinajstić information content (AvgIpc) is 2.94. The smallest absolute Gasteiger partial charge is 0.267 e. The second kappa shape index (κ2) is 5.23. The predicted molar refractivity (Wildman–Crippen MR) is 70.1 cm³/mol. The molecule has 0 aromatic carbocycles. The number of anilines is 1. The highest BCUT2D eigenvalue weighted by Crippen LogP contribution is 2.24. The number of aromatic nitrogens is 4. The zero-order valence-electron chi connectivity index (χ0n) is 10.6. The maximum atomic E-state index is 12.8. The Bertz CT molecular complexity index is 802. The normalized spacial score (nSPS) is 11.0. The third kappa shape index (κ3) is 2.55. The van der Waals surface area contributed by atoms with Gasteiger partial charge in [-0.2, -0.15) is 5.10 Å². The van der Waals surface area contributed by atoms with Crippen LogP contribution in [0.4, 0.5) is 14.6 Å². The highest BCUT2D eigenvalue weighted by atomic mass is 19.3. The number of amides is 1. The van der Waals surface area contributed by atoms with Crippen molar-refractivity contribution in [1.82, 2.24) is 19.6 Å². The van der Waals surface area contributed by atoms with E-state index in [1.165, 1.54) is 41.4 Å². The van der Waals surface area contributed by atoms with Gasteiger partial charge in [0.2, 0.25) is 0 Å². The first kappa shape index (κ1) is 13.1. The van der Waals surface area contributed by atoms with Gasteiger partial charge >= 0.3 is 0 Å². The number of fused-ring (bicyclic) bond motifs is 1. The molecule has 3 aromatic rings. The Morgan fingerprint density at radius 3 is 2.90 bits per heavy atom. The maximum Gasteiger partial charge on any atom is 0.267 e. The Morgan fingerprint density at radius 1 is 1.24 bits per heavy atom. The summed E-state index contributed by atoms with van der Waals surface area (Å²) in [7, 11) is 0. The van der Waals surface area contributed by atoms with Gasteiger partial charge in [-0.25, -0.2) is 23.3 Å². The van der Waals surface area contributed by atoms with Crippen LogP contribution in [0.3, 0.4) is 0 Å². The molecule has 0 aliphatic carbocycles. The van der Waals surface area contributed by atoms with Crippen molar-refractivity contribution in [3.63, 3.8) is 0 Å². The number of nitrogens with zero attached hydrogens (tertiary/aromatic N) is 4. The minimum Gasteiger partial charge on any atom is -0.306 e. The first-order chi connectivity index (χ1) is 10.1. The van der Waals surface area contributed by atoms with Crippen LogP contribution in [0.25, 0.3) is 5.65 Å². The molecular weight excluding hydrogens is 280 g/mol. The summed E-state index contributed by atoms with van der Waals surface area (Å²) >= 11 is 0. The fraction of sp³-hybridized carbons (Fsp3) is 0.0769. The lowest BCUT2D eigenvalue weighted by Crippen LogP contribution is -2.15. The fourth-order valence-corrected chi connectivity index (χ4v) is 1.80. The molecule has 0 saturated carbocycles. The van der Waals surface area contributed by atoms with Crippen LogP contribution in [0, 0.1) is 0 Å². The third-order valence-corrected chi connectivity index (χ3v) is 2.81. The second-order valence-corrected chi connectivity index (χ2v) is 4.17. The monoisotopic (exact) mass is 289 g/mol. The number of rotatable bonds is 3. The van der Waals surface area contributed by atoms with Crippen LogP contribution >= 0.6 is 0 Å². The van der Waals surface area contributed by atoms with E-state index in [-0.39, 0.29) is 16.9 Å². The van der Waals surface area contributed by atoms with E-state index in [0.717, 1.165) is 0 Å². The molecule has 21 heavy (non-hydrogen) atoms. The molecule has 0 aliphatic rings. The number of halogens is 2. The zero-order valence-corrected chi connectivity index (χ0v) is 10.6. The summed E-state index contributed by atoms with van der Waals surface area (Å²) in [4.78, 5) is 19.9. The molecule has 8 heteroatoms. The van der Waals surface area contributed by atoms with Gasteiger partial charge in [-0.1, -0.05) is 0 Å². The van der Waals surface area contributed by atoms with Crippen molar-refractivity contribution >= 4 is 17.4 Å². The summed E-state index contributed by atoms with van der Waals surface area (Å²) in [5, 5.41) is 6.31. The summed E-state index contributed by atoms with van der Waals surface area (Å²) < 4.78 is 27.1. The quantitative estimate of drug-likeness (QED) is 0.803. The molecule has 6 nitrogen and oxygen atoms in total. The highest BCUT2D eigenvalue weighted by Gasteiger charge is 2.16. The van der Waals surface area contributed by atoms with E-state index in [1.54, 1.807) is 6.07 Å². The number of hydrogen-bond donors (Lipinski definition) is 1. The van der Waals surface area contributed by atoms with Crippen molar-refractivity contribution in [3.05, 3.63) is 54.1 Å². The highest BCUT2D eigenvalue weighted by molar-refractivity contribution is 6.03. The summed E-state index contributed by atoms with van der Waals surface area (Å²) in [6, 6.07) is 4.27. The lowest BCUT2D eigenvalue weighted by molar-refractivity contribution is 0.102. The number of nitrogens with one attached hydrogen (secondary N) is 1. The van der Waals surface area contributed by atoms with Crippen molar-refractivity contribution in [1.29, 1.82) is 0 Å². The maximum absolute atomic E-state index is 12.8. The van der Waals surface area contributed by atoms with Gasteiger partial charge in [-0.05, 0) is 12.1 Å². The SMILES string of the molecule is O=C(Nc1ncccc1C(F)F)c1cnc2ccnn2c1. The lowest BCUT2D eigenvalue weighted by Gasteiger charge is -2.09. The second-order valence-electron chi connectivity index (χ2n) is 4.17. The molecule has 1 N–H and O–H groups in total. The topological polar surface area (TPSA) is 72.2 Å². The number of carbonyl (C=O) groups excluding carboxylic acids is 1. The third-order valence-electron chi connectivity index (χ3n) is 2.81. The fourth-order valence-electron chi connectivity index (χ4n) is 1.80. The first-order valence-electron chi connectivity index (χ1n) is 5.99. The minimum absolute atomic E-state index is 0.168. The van der Waals surface area contributed by atoms with E-state index in [4.69, 9.17) is 0 Å². The van der Waals surface area contributed by atoms with Gasteiger partial charge in [0.15, 0.2) is 5.65 Å². The number of carbonyl (C=O) groups is 1.